The molecular weight excluding hydrogens is 431 g/mol. The number of anilines is 2. The van der Waals surface area contributed by atoms with Crippen molar-refractivity contribution in [3.8, 4) is 6.07 Å². The number of amidine groups is 1. The Labute approximate surface area is 187 Å². The molecule has 162 valence electrons. The minimum atomic E-state index is -0.865. The Morgan fingerprint density at radius 3 is 2.94 bits per heavy atom. The fraction of sp³-hybridized carbons (Fsp3) is 0.333. The molecule has 1 saturated carbocycles. The van der Waals surface area contributed by atoms with Gasteiger partial charge in [0.25, 0.3) is 0 Å². The maximum atomic E-state index is 14.9. The molecule has 0 amide bonds. The minimum Gasteiger partial charge on any atom is -0.383 e. The van der Waals surface area contributed by atoms with Crippen LogP contribution in [0.4, 0.5) is 15.9 Å². The van der Waals surface area contributed by atoms with E-state index in [0.717, 1.165) is 6.42 Å². The molecule has 0 bridgehead atoms. The summed E-state index contributed by atoms with van der Waals surface area (Å²) in [5, 5.41) is 12.6. The van der Waals surface area contributed by atoms with E-state index < -0.39 is 11.5 Å². The molecule has 3 atom stereocenters. The average Bonchev–Trinajstić information content (AvgIpc) is 3.49. The van der Waals surface area contributed by atoms with Gasteiger partial charge in [-0.1, -0.05) is 11.8 Å². The van der Waals surface area contributed by atoms with Crippen molar-refractivity contribution in [2.45, 2.75) is 23.6 Å². The van der Waals surface area contributed by atoms with E-state index in [1.54, 1.807) is 19.2 Å². The number of nitrogens with one attached hydrogen (secondary N) is 1. The largest absolute Gasteiger partial charge is 0.383 e. The normalized spacial score (nSPS) is 26.2. The zero-order valence-electron chi connectivity index (χ0n) is 17.3. The Kier molecular flexibility index (Phi) is 4.72. The highest BCUT2D eigenvalue weighted by Crippen LogP contribution is 2.65. The van der Waals surface area contributed by atoms with Crippen LogP contribution in [0.3, 0.4) is 0 Å². The van der Waals surface area contributed by atoms with Crippen LogP contribution in [0.15, 0.2) is 35.8 Å². The molecule has 1 aliphatic heterocycles. The summed E-state index contributed by atoms with van der Waals surface area (Å²) in [7, 11) is 1.65. The molecule has 9 nitrogen and oxygen atoms in total. The number of nitriles is 1. The average molecular weight is 451 g/mol. The lowest BCUT2D eigenvalue weighted by Gasteiger charge is -2.33. The molecule has 11 heteroatoms. The van der Waals surface area contributed by atoms with Crippen molar-refractivity contribution >= 4 is 39.5 Å². The molecule has 32 heavy (non-hydrogen) atoms. The first-order valence-electron chi connectivity index (χ1n) is 9.86. The molecule has 3 aromatic heterocycles. The lowest BCUT2D eigenvalue weighted by atomic mass is 9.86. The Hall–Kier alpha value is -3.36. The number of aliphatic imine (C=N–C) groups is 1. The zero-order valence-corrected chi connectivity index (χ0v) is 18.1. The molecule has 4 heterocycles. The molecule has 2 aliphatic rings. The van der Waals surface area contributed by atoms with E-state index in [4.69, 9.17) is 15.7 Å². The zero-order chi connectivity index (χ0) is 22.5. The maximum absolute atomic E-state index is 14.9. The number of nitrogens with zero attached hydrogens (tertiary/aromatic N) is 6. The summed E-state index contributed by atoms with van der Waals surface area (Å²) in [6.45, 7) is 2.40. The third kappa shape index (κ3) is 3.23. The molecule has 1 aliphatic carbocycles. The van der Waals surface area contributed by atoms with Gasteiger partial charge in [-0.25, -0.2) is 19.9 Å². The fourth-order valence-electron chi connectivity index (χ4n) is 4.43. The first-order valence-corrected chi connectivity index (χ1v) is 10.7. The van der Waals surface area contributed by atoms with Crippen molar-refractivity contribution < 1.29 is 9.13 Å². The summed E-state index contributed by atoms with van der Waals surface area (Å²) in [6, 6.07) is 5.35. The molecule has 1 fully saturated rings. The van der Waals surface area contributed by atoms with Crippen LogP contribution in [0.5, 0.6) is 0 Å². The molecule has 0 aromatic carbocycles. The number of fused-ring (bicyclic) bond motifs is 2. The van der Waals surface area contributed by atoms with Crippen molar-refractivity contribution in [3.05, 3.63) is 47.9 Å². The smallest absolute Gasteiger partial charge is 0.218 e. The molecular formula is C21H19FN8OS. The quantitative estimate of drug-likeness (QED) is 0.562. The monoisotopic (exact) mass is 450 g/mol. The van der Waals surface area contributed by atoms with E-state index in [1.165, 1.54) is 30.5 Å². The van der Waals surface area contributed by atoms with E-state index in [0.29, 0.717) is 45.4 Å². The number of ether oxygens (including phenoxy) is 1. The van der Waals surface area contributed by atoms with Crippen LogP contribution in [-0.4, -0.2) is 43.6 Å². The highest BCUT2D eigenvalue weighted by Gasteiger charge is 2.66. The van der Waals surface area contributed by atoms with Crippen LogP contribution in [0.25, 0.3) is 11.0 Å². The predicted molar refractivity (Wildman–Crippen MR) is 119 cm³/mol. The third-order valence-electron chi connectivity index (χ3n) is 5.99. The van der Waals surface area contributed by atoms with E-state index in [2.05, 4.69) is 30.2 Å². The number of hydrogen-bond donors (Lipinski definition) is 2. The SMILES string of the molecule is COC[C@]12C[C@H]1[C@@](C)(c1cc(Nc3ncnc4cc(C#N)cnc34)cnc1F)N=C(N)S2. The van der Waals surface area contributed by atoms with Gasteiger partial charge in [-0.05, 0) is 25.5 Å². The van der Waals surface area contributed by atoms with E-state index in [1.807, 2.05) is 13.0 Å². The number of pyridine rings is 2. The summed E-state index contributed by atoms with van der Waals surface area (Å²) in [5.74, 6) is -0.0971. The van der Waals surface area contributed by atoms with Crippen LogP contribution in [0.1, 0.15) is 24.5 Å². The van der Waals surface area contributed by atoms with Gasteiger partial charge in [0, 0.05) is 24.8 Å². The number of methoxy groups -OCH3 is 1. The van der Waals surface area contributed by atoms with E-state index >= 15 is 0 Å². The number of nitrogens with two attached hydrogens (primary N) is 1. The van der Waals surface area contributed by atoms with Crippen LogP contribution >= 0.6 is 11.8 Å². The van der Waals surface area contributed by atoms with Gasteiger partial charge in [-0.2, -0.15) is 9.65 Å². The summed E-state index contributed by atoms with van der Waals surface area (Å²) < 4.78 is 20.1. The second-order valence-corrected chi connectivity index (χ2v) is 9.50. The molecule has 0 radical (unpaired) electrons. The summed E-state index contributed by atoms with van der Waals surface area (Å²) in [6.07, 6.45) is 5.04. The Bertz CT molecular complexity index is 1310. The Morgan fingerprint density at radius 1 is 1.31 bits per heavy atom. The number of thioether (sulfide) groups is 1. The molecule has 0 spiro atoms. The third-order valence-corrected chi connectivity index (χ3v) is 7.27. The fourth-order valence-corrected chi connectivity index (χ4v) is 5.88. The number of rotatable bonds is 5. The summed E-state index contributed by atoms with van der Waals surface area (Å²) >= 11 is 1.50. The van der Waals surface area contributed by atoms with Crippen molar-refractivity contribution in [2.75, 3.05) is 19.0 Å². The minimum absolute atomic E-state index is 0.0738. The first kappa shape index (κ1) is 20.5. The van der Waals surface area contributed by atoms with Gasteiger partial charge in [0.2, 0.25) is 5.95 Å². The molecule has 3 N–H and O–H groups in total. The second-order valence-electron chi connectivity index (χ2n) is 8.07. The van der Waals surface area contributed by atoms with Gasteiger partial charge in [0.1, 0.15) is 17.9 Å². The second kappa shape index (κ2) is 7.36. The van der Waals surface area contributed by atoms with Crippen molar-refractivity contribution in [3.63, 3.8) is 0 Å². The van der Waals surface area contributed by atoms with Crippen LogP contribution in [-0.2, 0) is 10.3 Å². The van der Waals surface area contributed by atoms with Crippen molar-refractivity contribution in [1.82, 2.24) is 19.9 Å². The highest BCUT2D eigenvalue weighted by molar-refractivity contribution is 8.15. The van der Waals surface area contributed by atoms with Crippen molar-refractivity contribution in [2.24, 2.45) is 16.6 Å². The lowest BCUT2D eigenvalue weighted by molar-refractivity contribution is 0.184. The molecule has 0 unspecified atom stereocenters. The van der Waals surface area contributed by atoms with Crippen LogP contribution in [0, 0.1) is 23.2 Å². The number of hydrogen-bond acceptors (Lipinski definition) is 10. The topological polar surface area (TPSA) is 135 Å². The van der Waals surface area contributed by atoms with Crippen LogP contribution < -0.4 is 11.1 Å². The summed E-state index contributed by atoms with van der Waals surface area (Å²) in [4.78, 5) is 21.3. The van der Waals surface area contributed by atoms with Gasteiger partial charge in [-0.3, -0.25) is 4.99 Å². The van der Waals surface area contributed by atoms with Gasteiger partial charge in [0.15, 0.2) is 11.0 Å². The number of halogens is 1. The summed E-state index contributed by atoms with van der Waals surface area (Å²) in [5.41, 5.74) is 7.55. The van der Waals surface area contributed by atoms with E-state index in [9.17, 15) is 4.39 Å². The number of aromatic nitrogens is 4. The standard InChI is InChI=1S/C21H19FN8OS/c1-20(15-5-21(15,9-31-2)32-19(24)30-20)13-4-12(8-26-17(13)22)29-18-16-14(27-10-28-18)3-11(6-23)7-25-16/h3-4,7-8,10,15H,5,9H2,1-2H3,(H2,24,30)(H,27,28,29)/t15-,20+,21+/m0/s1. The Balaban J connectivity index is 1.53. The molecule has 5 rings (SSSR count). The predicted octanol–water partition coefficient (Wildman–Crippen LogP) is 2.86. The van der Waals surface area contributed by atoms with Crippen LogP contribution in [0.2, 0.25) is 0 Å². The molecule has 0 saturated heterocycles. The Morgan fingerprint density at radius 2 is 2.16 bits per heavy atom. The first-order chi connectivity index (χ1) is 15.4. The molecule has 3 aromatic rings. The highest BCUT2D eigenvalue weighted by atomic mass is 32.2. The van der Waals surface area contributed by atoms with Crippen molar-refractivity contribution in [1.29, 1.82) is 5.26 Å². The van der Waals surface area contributed by atoms with Gasteiger partial charge in [0.05, 0.1) is 39.9 Å². The van der Waals surface area contributed by atoms with E-state index in [-0.39, 0.29) is 10.7 Å². The lowest BCUT2D eigenvalue weighted by Crippen LogP contribution is -2.37. The van der Waals surface area contributed by atoms with Gasteiger partial charge in [-0.15, -0.1) is 0 Å². The van der Waals surface area contributed by atoms with Gasteiger partial charge >= 0.3 is 0 Å². The van der Waals surface area contributed by atoms with Gasteiger partial charge < -0.3 is 15.8 Å². The maximum Gasteiger partial charge on any atom is 0.218 e.